The quantitative estimate of drug-likeness (QED) is 0.918. The summed E-state index contributed by atoms with van der Waals surface area (Å²) in [6.45, 7) is 0.625. The molecule has 0 radical (unpaired) electrons. The van der Waals surface area contributed by atoms with E-state index in [4.69, 9.17) is 15.2 Å². The Morgan fingerprint density at radius 3 is 2.95 bits per heavy atom. The lowest BCUT2D eigenvalue weighted by atomic mass is 9.95. The number of halogens is 2. The van der Waals surface area contributed by atoms with Crippen LogP contribution in [0.1, 0.15) is 22.7 Å². The van der Waals surface area contributed by atoms with Crippen LogP contribution in [0.2, 0.25) is 0 Å². The van der Waals surface area contributed by atoms with Crippen LogP contribution in [-0.2, 0) is 6.42 Å². The number of nitrogens with two attached hydrogens (primary N) is 1. The number of hydrogen-bond donors (Lipinski definition) is 1. The van der Waals surface area contributed by atoms with E-state index in [1.165, 1.54) is 13.2 Å². The highest BCUT2D eigenvalue weighted by atomic mass is 79.9. The van der Waals surface area contributed by atoms with Crippen molar-refractivity contribution in [3.05, 3.63) is 57.3 Å². The van der Waals surface area contributed by atoms with E-state index in [1.54, 1.807) is 12.1 Å². The summed E-state index contributed by atoms with van der Waals surface area (Å²) >= 11 is 3.47. The van der Waals surface area contributed by atoms with Crippen LogP contribution in [0.4, 0.5) is 4.39 Å². The molecule has 5 heteroatoms. The molecular weight excluding hydrogens is 337 g/mol. The maximum absolute atomic E-state index is 14.2. The van der Waals surface area contributed by atoms with Gasteiger partial charge in [-0.15, -0.1) is 0 Å². The van der Waals surface area contributed by atoms with Crippen LogP contribution in [0.3, 0.4) is 0 Å². The number of rotatable bonds is 3. The fourth-order valence-corrected chi connectivity index (χ4v) is 3.20. The molecule has 2 aromatic rings. The summed E-state index contributed by atoms with van der Waals surface area (Å²) in [7, 11) is 1.51. The molecule has 21 heavy (non-hydrogen) atoms. The Hall–Kier alpha value is -1.59. The van der Waals surface area contributed by atoms with Crippen molar-refractivity contribution in [1.82, 2.24) is 0 Å². The summed E-state index contributed by atoms with van der Waals surface area (Å²) < 4.78 is 26.0. The summed E-state index contributed by atoms with van der Waals surface area (Å²) in [4.78, 5) is 0. The molecule has 0 aliphatic carbocycles. The highest BCUT2D eigenvalue weighted by Crippen LogP contribution is 2.40. The number of methoxy groups -OCH3 is 1. The summed E-state index contributed by atoms with van der Waals surface area (Å²) in [5.41, 5.74) is 8.51. The van der Waals surface area contributed by atoms with Gasteiger partial charge >= 0.3 is 0 Å². The minimum Gasteiger partial charge on any atom is -0.496 e. The summed E-state index contributed by atoms with van der Waals surface area (Å²) in [6.07, 6.45) is 0.836. The topological polar surface area (TPSA) is 44.5 Å². The van der Waals surface area contributed by atoms with Crippen molar-refractivity contribution in [3.8, 4) is 11.5 Å². The Balaban J connectivity index is 2.14. The van der Waals surface area contributed by atoms with Gasteiger partial charge in [-0.2, -0.15) is 0 Å². The molecule has 0 saturated heterocycles. The molecular formula is C16H15BrFNO2. The van der Waals surface area contributed by atoms with Gasteiger partial charge in [-0.25, -0.2) is 4.39 Å². The lowest BCUT2D eigenvalue weighted by molar-refractivity contribution is 0.351. The van der Waals surface area contributed by atoms with Gasteiger partial charge in [-0.3, -0.25) is 0 Å². The third-order valence-corrected chi connectivity index (χ3v) is 4.11. The molecule has 1 aliphatic rings. The summed E-state index contributed by atoms with van der Waals surface area (Å²) in [5, 5.41) is 0. The van der Waals surface area contributed by atoms with Crippen LogP contribution >= 0.6 is 15.9 Å². The number of hydrogen-bond acceptors (Lipinski definition) is 3. The van der Waals surface area contributed by atoms with Crippen molar-refractivity contribution >= 4 is 15.9 Å². The Labute approximate surface area is 131 Å². The number of ether oxygens (including phenoxy) is 2. The Bertz CT molecular complexity index is 690. The van der Waals surface area contributed by atoms with Gasteiger partial charge < -0.3 is 15.2 Å². The second-order valence-corrected chi connectivity index (χ2v) is 5.83. The van der Waals surface area contributed by atoms with E-state index in [0.717, 1.165) is 27.8 Å². The molecule has 0 amide bonds. The molecule has 110 valence electrons. The second kappa shape index (κ2) is 5.66. The van der Waals surface area contributed by atoms with E-state index in [9.17, 15) is 4.39 Å². The standard InChI is InChI=1S/C16H15BrFNO2/c1-20-13-4-2-3-12(18)14(13)15(19)11-8-10(17)7-9-5-6-21-16(9)11/h2-4,7-8,15H,5-6,19H2,1H3. The minimum absolute atomic E-state index is 0.343. The van der Waals surface area contributed by atoms with Crippen LogP contribution in [0.25, 0.3) is 0 Å². The highest BCUT2D eigenvalue weighted by molar-refractivity contribution is 9.10. The van der Waals surface area contributed by atoms with Crippen molar-refractivity contribution in [1.29, 1.82) is 0 Å². The van der Waals surface area contributed by atoms with Crippen LogP contribution < -0.4 is 15.2 Å². The molecule has 0 aromatic heterocycles. The average Bonchev–Trinajstić information content (AvgIpc) is 2.93. The fourth-order valence-electron chi connectivity index (χ4n) is 2.68. The molecule has 1 heterocycles. The van der Waals surface area contributed by atoms with Gasteiger partial charge in [0.05, 0.1) is 25.3 Å². The van der Waals surface area contributed by atoms with E-state index in [-0.39, 0.29) is 5.82 Å². The normalized spacial score (nSPS) is 14.5. The van der Waals surface area contributed by atoms with Gasteiger partial charge in [0, 0.05) is 16.5 Å². The predicted octanol–water partition coefficient (Wildman–Crippen LogP) is 3.58. The van der Waals surface area contributed by atoms with Crippen molar-refractivity contribution in [2.45, 2.75) is 12.5 Å². The molecule has 0 spiro atoms. The molecule has 1 atom stereocenters. The first-order valence-electron chi connectivity index (χ1n) is 6.65. The van der Waals surface area contributed by atoms with Crippen molar-refractivity contribution in [2.75, 3.05) is 13.7 Å². The van der Waals surface area contributed by atoms with Crippen molar-refractivity contribution in [3.63, 3.8) is 0 Å². The third kappa shape index (κ3) is 2.51. The molecule has 1 aliphatic heterocycles. The van der Waals surface area contributed by atoms with E-state index in [1.807, 2.05) is 12.1 Å². The van der Waals surface area contributed by atoms with Gasteiger partial charge in [0.1, 0.15) is 17.3 Å². The predicted molar refractivity (Wildman–Crippen MR) is 82.3 cm³/mol. The Morgan fingerprint density at radius 1 is 1.38 bits per heavy atom. The SMILES string of the molecule is COc1cccc(F)c1C(N)c1cc(Br)cc2c1OCC2. The van der Waals surface area contributed by atoms with Gasteiger partial charge in [0.15, 0.2) is 0 Å². The molecule has 0 fully saturated rings. The molecule has 2 aromatic carbocycles. The monoisotopic (exact) mass is 351 g/mol. The Morgan fingerprint density at radius 2 is 2.19 bits per heavy atom. The maximum Gasteiger partial charge on any atom is 0.132 e. The smallest absolute Gasteiger partial charge is 0.132 e. The zero-order valence-corrected chi connectivity index (χ0v) is 13.1. The average molecular weight is 352 g/mol. The van der Waals surface area contributed by atoms with Gasteiger partial charge in [0.25, 0.3) is 0 Å². The molecule has 0 bridgehead atoms. The van der Waals surface area contributed by atoms with Crippen molar-refractivity contribution < 1.29 is 13.9 Å². The van der Waals surface area contributed by atoms with Gasteiger partial charge in [-0.1, -0.05) is 22.0 Å². The molecule has 0 saturated carbocycles. The lowest BCUT2D eigenvalue weighted by Gasteiger charge is -2.19. The van der Waals surface area contributed by atoms with Crippen LogP contribution in [0, 0.1) is 5.82 Å². The zero-order chi connectivity index (χ0) is 15.0. The molecule has 1 unspecified atom stereocenters. The minimum atomic E-state index is -0.648. The van der Waals surface area contributed by atoms with Crippen molar-refractivity contribution in [2.24, 2.45) is 5.73 Å². The summed E-state index contributed by atoms with van der Waals surface area (Å²) in [5.74, 6) is 0.818. The largest absolute Gasteiger partial charge is 0.496 e. The van der Waals surface area contributed by atoms with Crippen LogP contribution in [0.5, 0.6) is 11.5 Å². The Kier molecular flexibility index (Phi) is 3.87. The maximum atomic E-state index is 14.2. The number of benzene rings is 2. The zero-order valence-electron chi connectivity index (χ0n) is 11.5. The second-order valence-electron chi connectivity index (χ2n) is 4.92. The molecule has 3 rings (SSSR count). The highest BCUT2D eigenvalue weighted by Gasteiger charge is 2.26. The van der Waals surface area contributed by atoms with Gasteiger partial charge in [0.2, 0.25) is 0 Å². The van der Waals surface area contributed by atoms with E-state index in [0.29, 0.717) is 17.9 Å². The van der Waals surface area contributed by atoms with E-state index >= 15 is 0 Å². The van der Waals surface area contributed by atoms with Crippen LogP contribution in [0.15, 0.2) is 34.8 Å². The first-order valence-corrected chi connectivity index (χ1v) is 7.44. The summed E-state index contributed by atoms with van der Waals surface area (Å²) in [6, 6.07) is 7.93. The molecule has 2 N–H and O–H groups in total. The van der Waals surface area contributed by atoms with Crippen LogP contribution in [-0.4, -0.2) is 13.7 Å². The molecule has 3 nitrogen and oxygen atoms in total. The number of fused-ring (bicyclic) bond motifs is 1. The van der Waals surface area contributed by atoms with E-state index in [2.05, 4.69) is 15.9 Å². The third-order valence-electron chi connectivity index (χ3n) is 3.66. The first-order chi connectivity index (χ1) is 10.1. The van der Waals surface area contributed by atoms with Gasteiger partial charge in [-0.05, 0) is 29.8 Å². The fraction of sp³-hybridized carbons (Fsp3) is 0.250. The van der Waals surface area contributed by atoms with E-state index < -0.39 is 6.04 Å². The first kappa shape index (κ1) is 14.4. The lowest BCUT2D eigenvalue weighted by Crippen LogP contribution is -2.16.